The highest BCUT2D eigenvalue weighted by atomic mass is 16.5. The zero-order valence-corrected chi connectivity index (χ0v) is 17.4. The van der Waals surface area contributed by atoms with Crippen LogP contribution in [-0.4, -0.2) is 16.6 Å². The number of nitrogens with one attached hydrogen (secondary N) is 2. The number of pyridine rings is 1. The number of hydrogen-bond acceptors (Lipinski definition) is 2. The van der Waals surface area contributed by atoms with E-state index in [1.165, 1.54) is 16.3 Å². The Labute approximate surface area is 180 Å². The minimum Gasteiger partial charge on any atom is -0.493 e. The standard InChI is InChI=1S/C27H24N2O2/c1-18-16-28-26(30)15-24(18)23-12-5-11-22-20(17-29-27(22)23)9-6-14-31-25-13-4-8-19-7-2-3-10-21(19)25/h2-5,7-8,10-13,15-17,29H,6,9,14H2,1H3,(H,28,30). The van der Waals surface area contributed by atoms with E-state index >= 15 is 0 Å². The van der Waals surface area contributed by atoms with Crippen molar-refractivity contribution in [2.45, 2.75) is 19.8 Å². The predicted octanol–water partition coefficient (Wildman–Crippen LogP) is 6.00. The van der Waals surface area contributed by atoms with E-state index in [1.807, 2.05) is 31.2 Å². The molecule has 31 heavy (non-hydrogen) atoms. The molecule has 0 unspecified atom stereocenters. The van der Waals surface area contributed by atoms with Crippen LogP contribution < -0.4 is 10.3 Å². The zero-order chi connectivity index (χ0) is 21.2. The number of H-pyrrole nitrogens is 2. The number of fused-ring (bicyclic) bond motifs is 2. The molecular weight excluding hydrogens is 384 g/mol. The van der Waals surface area contributed by atoms with Crippen molar-refractivity contribution < 1.29 is 4.74 Å². The van der Waals surface area contributed by atoms with Gasteiger partial charge in [0.25, 0.3) is 0 Å². The van der Waals surface area contributed by atoms with E-state index < -0.39 is 0 Å². The largest absolute Gasteiger partial charge is 0.493 e. The first-order chi connectivity index (χ1) is 15.2. The summed E-state index contributed by atoms with van der Waals surface area (Å²) in [6.45, 7) is 2.67. The van der Waals surface area contributed by atoms with Crippen LogP contribution in [0.2, 0.25) is 0 Å². The smallest absolute Gasteiger partial charge is 0.248 e. The van der Waals surface area contributed by atoms with Gasteiger partial charge in [-0.2, -0.15) is 0 Å². The first kappa shape index (κ1) is 19.2. The quantitative estimate of drug-likeness (QED) is 0.339. The molecule has 2 aromatic heterocycles. The third-order valence-corrected chi connectivity index (χ3v) is 5.82. The second-order valence-electron chi connectivity index (χ2n) is 7.87. The molecule has 4 heteroatoms. The second-order valence-corrected chi connectivity index (χ2v) is 7.87. The molecule has 2 heterocycles. The Hall–Kier alpha value is -3.79. The number of hydrogen-bond donors (Lipinski definition) is 2. The first-order valence-corrected chi connectivity index (χ1v) is 10.6. The normalized spacial score (nSPS) is 11.3. The Kier molecular flexibility index (Phi) is 5.04. The van der Waals surface area contributed by atoms with Gasteiger partial charge in [0.1, 0.15) is 5.75 Å². The van der Waals surface area contributed by atoms with Crippen LogP contribution in [0.25, 0.3) is 32.8 Å². The van der Waals surface area contributed by atoms with Crippen LogP contribution in [0.5, 0.6) is 5.75 Å². The van der Waals surface area contributed by atoms with Crippen LogP contribution in [0.3, 0.4) is 0 Å². The summed E-state index contributed by atoms with van der Waals surface area (Å²) in [5.41, 5.74) is 5.31. The molecule has 2 N–H and O–H groups in total. The molecule has 0 aliphatic rings. The van der Waals surface area contributed by atoms with Gasteiger partial charge < -0.3 is 14.7 Å². The molecule has 5 aromatic rings. The van der Waals surface area contributed by atoms with Crippen molar-refractivity contribution in [1.29, 1.82) is 0 Å². The zero-order valence-electron chi connectivity index (χ0n) is 17.4. The number of aromatic nitrogens is 2. The maximum absolute atomic E-state index is 11.9. The van der Waals surface area contributed by atoms with Crippen LogP contribution in [0, 0.1) is 6.92 Å². The van der Waals surface area contributed by atoms with E-state index in [0.29, 0.717) is 6.61 Å². The van der Waals surface area contributed by atoms with Gasteiger partial charge in [0.05, 0.1) is 12.1 Å². The molecule has 0 bridgehead atoms. The van der Waals surface area contributed by atoms with Crippen molar-refractivity contribution in [2.24, 2.45) is 0 Å². The van der Waals surface area contributed by atoms with Gasteiger partial charge in [0.15, 0.2) is 0 Å². The Bertz CT molecular complexity index is 1420. The molecule has 0 atom stereocenters. The lowest BCUT2D eigenvalue weighted by Gasteiger charge is -2.09. The molecule has 0 fully saturated rings. The van der Waals surface area contributed by atoms with Gasteiger partial charge in [-0.05, 0) is 47.9 Å². The van der Waals surface area contributed by atoms with Crippen molar-refractivity contribution in [3.8, 4) is 16.9 Å². The number of para-hydroxylation sites is 1. The molecule has 0 radical (unpaired) electrons. The Balaban J connectivity index is 1.34. The monoisotopic (exact) mass is 408 g/mol. The highest BCUT2D eigenvalue weighted by molar-refractivity contribution is 5.96. The molecule has 0 aliphatic carbocycles. The van der Waals surface area contributed by atoms with Gasteiger partial charge in [-0.3, -0.25) is 4.79 Å². The molecule has 0 amide bonds. The van der Waals surface area contributed by atoms with Crippen LogP contribution >= 0.6 is 0 Å². The fourth-order valence-corrected chi connectivity index (χ4v) is 4.24. The average Bonchev–Trinajstić information content (AvgIpc) is 3.22. The maximum Gasteiger partial charge on any atom is 0.248 e. The molecule has 5 rings (SSSR count). The number of ether oxygens (including phenoxy) is 1. The predicted molar refractivity (Wildman–Crippen MR) is 127 cm³/mol. The summed E-state index contributed by atoms with van der Waals surface area (Å²) in [6.07, 6.45) is 5.69. The van der Waals surface area contributed by atoms with Gasteiger partial charge in [-0.1, -0.05) is 54.6 Å². The Morgan fingerprint density at radius 3 is 2.58 bits per heavy atom. The summed E-state index contributed by atoms with van der Waals surface area (Å²) in [5.74, 6) is 0.934. The molecule has 4 nitrogen and oxygen atoms in total. The number of benzene rings is 3. The van der Waals surface area contributed by atoms with E-state index in [0.717, 1.165) is 46.2 Å². The second kappa shape index (κ2) is 8.15. The lowest BCUT2D eigenvalue weighted by atomic mass is 9.99. The van der Waals surface area contributed by atoms with E-state index in [-0.39, 0.29) is 5.56 Å². The molecule has 0 saturated carbocycles. The summed E-state index contributed by atoms with van der Waals surface area (Å²) in [5, 5.41) is 3.54. The van der Waals surface area contributed by atoms with Gasteiger partial charge in [0, 0.05) is 34.8 Å². The lowest BCUT2D eigenvalue weighted by molar-refractivity contribution is 0.315. The summed E-state index contributed by atoms with van der Waals surface area (Å²) in [7, 11) is 0. The Morgan fingerprint density at radius 2 is 1.65 bits per heavy atom. The average molecular weight is 409 g/mol. The fraction of sp³-hybridized carbons (Fsp3) is 0.148. The summed E-state index contributed by atoms with van der Waals surface area (Å²) >= 11 is 0. The molecule has 3 aromatic carbocycles. The van der Waals surface area contributed by atoms with E-state index in [4.69, 9.17) is 4.74 Å². The summed E-state index contributed by atoms with van der Waals surface area (Å²) in [4.78, 5) is 18.0. The van der Waals surface area contributed by atoms with Crippen molar-refractivity contribution in [3.63, 3.8) is 0 Å². The fourth-order valence-electron chi connectivity index (χ4n) is 4.24. The number of aromatic amines is 2. The van der Waals surface area contributed by atoms with Gasteiger partial charge in [-0.25, -0.2) is 0 Å². The van der Waals surface area contributed by atoms with Crippen molar-refractivity contribution in [1.82, 2.24) is 9.97 Å². The highest BCUT2D eigenvalue weighted by Crippen LogP contribution is 2.31. The van der Waals surface area contributed by atoms with E-state index in [9.17, 15) is 4.79 Å². The van der Waals surface area contributed by atoms with Crippen LogP contribution in [0.15, 0.2) is 83.9 Å². The van der Waals surface area contributed by atoms with E-state index in [1.54, 1.807) is 12.3 Å². The summed E-state index contributed by atoms with van der Waals surface area (Å²) in [6, 6.07) is 22.4. The maximum atomic E-state index is 11.9. The third kappa shape index (κ3) is 3.73. The van der Waals surface area contributed by atoms with E-state index in [2.05, 4.69) is 52.6 Å². The van der Waals surface area contributed by atoms with Crippen LogP contribution in [-0.2, 0) is 6.42 Å². The molecule has 154 valence electrons. The highest BCUT2D eigenvalue weighted by Gasteiger charge is 2.11. The lowest BCUT2D eigenvalue weighted by Crippen LogP contribution is -2.04. The molecular formula is C27H24N2O2. The minimum atomic E-state index is -0.0880. The molecule has 0 saturated heterocycles. The number of aryl methyl sites for hydroxylation is 2. The number of rotatable bonds is 6. The van der Waals surface area contributed by atoms with Crippen LogP contribution in [0.1, 0.15) is 17.5 Å². The van der Waals surface area contributed by atoms with Gasteiger partial charge in [0.2, 0.25) is 5.56 Å². The topological polar surface area (TPSA) is 57.9 Å². The molecule has 0 aliphatic heterocycles. The van der Waals surface area contributed by atoms with Crippen LogP contribution in [0.4, 0.5) is 0 Å². The minimum absolute atomic E-state index is 0.0880. The summed E-state index contributed by atoms with van der Waals surface area (Å²) < 4.78 is 6.10. The van der Waals surface area contributed by atoms with Crippen molar-refractivity contribution in [3.05, 3.63) is 101 Å². The third-order valence-electron chi connectivity index (χ3n) is 5.82. The molecule has 0 spiro atoms. The van der Waals surface area contributed by atoms with Gasteiger partial charge in [-0.15, -0.1) is 0 Å². The first-order valence-electron chi connectivity index (χ1n) is 10.6. The SMILES string of the molecule is Cc1c[nH]c(=O)cc1-c1cccc2c(CCCOc3cccc4ccccc34)c[nH]c12. The van der Waals surface area contributed by atoms with Crippen molar-refractivity contribution in [2.75, 3.05) is 6.61 Å². The Morgan fingerprint density at radius 1 is 0.839 bits per heavy atom. The van der Waals surface area contributed by atoms with Gasteiger partial charge >= 0.3 is 0 Å². The van der Waals surface area contributed by atoms with Crippen molar-refractivity contribution >= 4 is 21.7 Å².